The molecule has 1 N–H and O–H groups in total. The van der Waals surface area contributed by atoms with Gasteiger partial charge < -0.3 is 0 Å². The van der Waals surface area contributed by atoms with E-state index in [1.54, 1.807) is 22.2 Å². The van der Waals surface area contributed by atoms with Gasteiger partial charge in [-0.25, -0.2) is 13.1 Å². The summed E-state index contributed by atoms with van der Waals surface area (Å²) in [5.41, 5.74) is 0.685. The minimum atomic E-state index is -3.85. The summed E-state index contributed by atoms with van der Waals surface area (Å²) in [6.07, 6.45) is 0. The molecule has 126 valence electrons. The van der Waals surface area contributed by atoms with E-state index in [1.165, 1.54) is 6.07 Å². The van der Waals surface area contributed by atoms with Crippen LogP contribution in [-0.4, -0.2) is 24.1 Å². The molecule has 0 aromatic carbocycles. The predicted molar refractivity (Wildman–Crippen MR) is 90.3 cm³/mol. The first-order chi connectivity index (χ1) is 10.5. The Kier molecular flexibility index (Phi) is 4.68. The van der Waals surface area contributed by atoms with Crippen molar-refractivity contribution in [3.8, 4) is 0 Å². The number of aromatic nitrogens is 2. The van der Waals surface area contributed by atoms with Crippen LogP contribution in [0, 0.1) is 0 Å². The summed E-state index contributed by atoms with van der Waals surface area (Å²) in [4.78, 5) is 12.3. The van der Waals surface area contributed by atoms with Gasteiger partial charge in [-0.3, -0.25) is 9.48 Å². The standard InChI is InChI=1S/C15H21N3O3S2/c1-10(2)12-9-11(16-18(12)15(3,4)5)14(19)17-23(20,21)13-7-6-8-22-13/h6-10H,1-5H3,(H,17,19). The van der Waals surface area contributed by atoms with E-state index in [0.29, 0.717) is 0 Å². The molecule has 2 heterocycles. The van der Waals surface area contributed by atoms with E-state index in [9.17, 15) is 13.2 Å². The number of rotatable bonds is 4. The van der Waals surface area contributed by atoms with Crippen molar-refractivity contribution in [3.05, 3.63) is 35.0 Å². The molecule has 0 saturated carbocycles. The van der Waals surface area contributed by atoms with Crippen molar-refractivity contribution < 1.29 is 13.2 Å². The fourth-order valence-electron chi connectivity index (χ4n) is 2.10. The van der Waals surface area contributed by atoms with Gasteiger partial charge in [0.15, 0.2) is 5.69 Å². The smallest absolute Gasteiger partial charge is 0.266 e. The molecule has 0 radical (unpaired) electrons. The molecule has 2 aromatic rings. The minimum Gasteiger partial charge on any atom is -0.266 e. The lowest BCUT2D eigenvalue weighted by molar-refractivity contribution is 0.0975. The van der Waals surface area contributed by atoms with Crippen molar-refractivity contribution in [2.45, 2.75) is 50.3 Å². The van der Waals surface area contributed by atoms with Gasteiger partial charge >= 0.3 is 0 Å². The summed E-state index contributed by atoms with van der Waals surface area (Å²) in [6, 6.07) is 4.72. The van der Waals surface area contributed by atoms with Gasteiger partial charge in [0, 0.05) is 5.69 Å². The molecule has 0 atom stereocenters. The maximum Gasteiger partial charge on any atom is 0.285 e. The molecular weight excluding hydrogens is 334 g/mol. The highest BCUT2D eigenvalue weighted by atomic mass is 32.2. The fourth-order valence-corrected chi connectivity index (χ4v) is 4.05. The van der Waals surface area contributed by atoms with E-state index in [-0.39, 0.29) is 21.4 Å². The topological polar surface area (TPSA) is 81.1 Å². The highest BCUT2D eigenvalue weighted by Gasteiger charge is 2.26. The lowest BCUT2D eigenvalue weighted by Crippen LogP contribution is -2.31. The van der Waals surface area contributed by atoms with E-state index < -0.39 is 15.9 Å². The molecule has 0 aliphatic carbocycles. The van der Waals surface area contributed by atoms with Crippen molar-refractivity contribution in [2.24, 2.45) is 0 Å². The summed E-state index contributed by atoms with van der Waals surface area (Å²) in [6.45, 7) is 9.95. The molecule has 0 bridgehead atoms. The molecule has 23 heavy (non-hydrogen) atoms. The number of nitrogens with one attached hydrogen (secondary N) is 1. The van der Waals surface area contributed by atoms with Crippen LogP contribution in [-0.2, 0) is 15.6 Å². The lowest BCUT2D eigenvalue weighted by atomic mass is 10.1. The van der Waals surface area contributed by atoms with Crippen LogP contribution in [0.25, 0.3) is 0 Å². The Labute approximate surface area is 140 Å². The number of amides is 1. The van der Waals surface area contributed by atoms with Crippen LogP contribution >= 0.6 is 11.3 Å². The average molecular weight is 355 g/mol. The Balaban J connectivity index is 2.34. The first kappa shape index (κ1) is 17.7. The van der Waals surface area contributed by atoms with Crippen LogP contribution in [0.4, 0.5) is 0 Å². The van der Waals surface area contributed by atoms with Gasteiger partial charge in [0.2, 0.25) is 0 Å². The first-order valence-electron chi connectivity index (χ1n) is 7.23. The summed E-state index contributed by atoms with van der Waals surface area (Å²) in [5.74, 6) is -0.555. The van der Waals surface area contributed by atoms with Crippen LogP contribution in [0.3, 0.4) is 0 Å². The van der Waals surface area contributed by atoms with Crippen LogP contribution in [0.5, 0.6) is 0 Å². The molecule has 1 amide bonds. The molecule has 6 nitrogen and oxygen atoms in total. The number of carbonyl (C=O) groups is 1. The highest BCUT2D eigenvalue weighted by molar-refractivity contribution is 7.92. The number of carbonyl (C=O) groups excluding carboxylic acids is 1. The third-order valence-electron chi connectivity index (χ3n) is 3.18. The van der Waals surface area contributed by atoms with E-state index in [0.717, 1.165) is 17.0 Å². The van der Waals surface area contributed by atoms with Crippen molar-refractivity contribution >= 4 is 27.3 Å². The summed E-state index contributed by atoms with van der Waals surface area (Å²) >= 11 is 1.06. The second kappa shape index (κ2) is 6.09. The maximum absolute atomic E-state index is 12.3. The molecule has 0 saturated heterocycles. The highest BCUT2D eigenvalue weighted by Crippen LogP contribution is 2.24. The molecule has 0 fully saturated rings. The molecular formula is C15H21N3O3S2. The Morgan fingerprint density at radius 3 is 2.43 bits per heavy atom. The van der Waals surface area contributed by atoms with Gasteiger partial charge in [-0.1, -0.05) is 19.9 Å². The quantitative estimate of drug-likeness (QED) is 0.914. The van der Waals surface area contributed by atoms with Gasteiger partial charge in [0.1, 0.15) is 4.21 Å². The zero-order valence-corrected chi connectivity index (χ0v) is 15.5. The van der Waals surface area contributed by atoms with Crippen molar-refractivity contribution in [1.29, 1.82) is 0 Å². The zero-order valence-electron chi connectivity index (χ0n) is 13.8. The molecule has 0 unspecified atom stereocenters. The number of hydrogen-bond donors (Lipinski definition) is 1. The average Bonchev–Trinajstić information content (AvgIpc) is 3.07. The molecule has 0 spiro atoms. The van der Waals surface area contributed by atoms with E-state index in [1.807, 2.05) is 34.6 Å². The largest absolute Gasteiger partial charge is 0.285 e. The van der Waals surface area contributed by atoms with Gasteiger partial charge in [-0.05, 0) is 44.2 Å². The Bertz CT molecular complexity index is 798. The van der Waals surface area contributed by atoms with Crippen molar-refractivity contribution in [2.75, 3.05) is 0 Å². The molecule has 0 aliphatic heterocycles. The third kappa shape index (κ3) is 3.81. The molecule has 8 heteroatoms. The fraction of sp³-hybridized carbons (Fsp3) is 0.467. The second-order valence-corrected chi connectivity index (χ2v) is 9.42. The first-order valence-corrected chi connectivity index (χ1v) is 9.60. The minimum absolute atomic E-state index is 0.101. The van der Waals surface area contributed by atoms with E-state index >= 15 is 0 Å². The lowest BCUT2D eigenvalue weighted by Gasteiger charge is -2.23. The van der Waals surface area contributed by atoms with Crippen LogP contribution in [0.2, 0.25) is 0 Å². The number of sulfonamides is 1. The van der Waals surface area contributed by atoms with Gasteiger partial charge in [-0.2, -0.15) is 5.10 Å². The number of hydrogen-bond acceptors (Lipinski definition) is 5. The zero-order chi connectivity index (χ0) is 17.4. The SMILES string of the molecule is CC(C)c1cc(C(=O)NS(=O)(=O)c2cccs2)nn1C(C)(C)C. The number of nitrogens with zero attached hydrogens (tertiary/aromatic N) is 2. The number of thiophene rings is 1. The second-order valence-electron chi connectivity index (χ2n) is 6.56. The van der Waals surface area contributed by atoms with Crippen molar-refractivity contribution in [1.82, 2.24) is 14.5 Å². The summed E-state index contributed by atoms with van der Waals surface area (Å²) in [5, 5.41) is 5.95. The predicted octanol–water partition coefficient (Wildman–Crippen LogP) is 2.94. The van der Waals surface area contributed by atoms with Gasteiger partial charge in [0.25, 0.3) is 15.9 Å². The molecule has 2 aromatic heterocycles. The molecule has 0 aliphatic rings. The van der Waals surface area contributed by atoms with E-state index in [2.05, 4.69) is 9.82 Å². The monoisotopic (exact) mass is 355 g/mol. The Hall–Kier alpha value is -1.67. The van der Waals surface area contributed by atoms with E-state index in [4.69, 9.17) is 0 Å². The Morgan fingerprint density at radius 1 is 1.35 bits per heavy atom. The third-order valence-corrected chi connectivity index (χ3v) is 5.91. The van der Waals surface area contributed by atoms with Gasteiger partial charge in [0.05, 0.1) is 5.54 Å². The Morgan fingerprint density at radius 2 is 2.00 bits per heavy atom. The van der Waals surface area contributed by atoms with Crippen LogP contribution in [0.15, 0.2) is 27.8 Å². The van der Waals surface area contributed by atoms with Crippen molar-refractivity contribution in [3.63, 3.8) is 0 Å². The summed E-state index contributed by atoms with van der Waals surface area (Å²) < 4.78 is 28.2. The molecule has 2 rings (SSSR count). The van der Waals surface area contributed by atoms with Gasteiger partial charge in [-0.15, -0.1) is 11.3 Å². The van der Waals surface area contributed by atoms with Crippen LogP contribution < -0.4 is 4.72 Å². The summed E-state index contributed by atoms with van der Waals surface area (Å²) in [7, 11) is -3.85. The normalized spacial score (nSPS) is 12.6. The maximum atomic E-state index is 12.3. The van der Waals surface area contributed by atoms with Crippen LogP contribution in [0.1, 0.15) is 56.7 Å².